The van der Waals surface area contributed by atoms with E-state index in [1.165, 1.54) is 4.13 Å². The molecule has 0 aliphatic rings. The third-order valence-corrected chi connectivity index (χ3v) is 5.44. The molecule has 9 nitrogen and oxygen atoms in total. The average Bonchev–Trinajstić information content (AvgIpc) is 2.30. The molecule has 1 N–H and O–H groups in total. The van der Waals surface area contributed by atoms with Crippen LogP contribution in [-0.4, -0.2) is 54.0 Å². The quantitative estimate of drug-likeness (QED) is 0.426. The average molecular weight is 359 g/mol. The second kappa shape index (κ2) is 7.88. The second-order valence-corrected chi connectivity index (χ2v) is 8.94. The molecule has 0 unspecified atom stereocenters. The Bertz CT molecular complexity index is 606. The van der Waals surface area contributed by atoms with Gasteiger partial charge in [0.1, 0.15) is 13.2 Å². The van der Waals surface area contributed by atoms with Gasteiger partial charge in [0.2, 0.25) is 20.0 Å². The lowest BCUT2D eigenvalue weighted by Crippen LogP contribution is -2.35. The summed E-state index contributed by atoms with van der Waals surface area (Å²) in [6, 6.07) is 0. The normalized spacial score (nSPS) is 12.7. The summed E-state index contributed by atoms with van der Waals surface area (Å²) in [7, 11) is -8.34. The number of esters is 2. The van der Waals surface area contributed by atoms with E-state index in [1.54, 1.807) is 13.8 Å². The van der Waals surface area contributed by atoms with Crippen LogP contribution in [0, 0.1) is 5.41 Å². The molecule has 0 heterocycles. The minimum Gasteiger partial charge on any atom is -0.462 e. The zero-order valence-electron chi connectivity index (χ0n) is 12.9. The Hall–Kier alpha value is -1.20. The number of ether oxygens (including phenoxy) is 2. The third kappa shape index (κ3) is 8.95. The van der Waals surface area contributed by atoms with Gasteiger partial charge in [0.05, 0.1) is 11.7 Å². The SMILES string of the molecule is CCC(C)(C)C(=O)OCCOC(=O)CS(=O)(=O)NS(C)(=O)=O. The molecular formula is C11H21NO8S2. The first-order valence-electron chi connectivity index (χ1n) is 6.33. The minimum absolute atomic E-state index is 0.215. The molecule has 0 saturated heterocycles. The summed E-state index contributed by atoms with van der Waals surface area (Å²) in [5.74, 6) is -2.76. The van der Waals surface area contributed by atoms with Crippen molar-refractivity contribution in [2.75, 3.05) is 25.2 Å². The van der Waals surface area contributed by atoms with E-state index in [1.807, 2.05) is 6.92 Å². The summed E-state index contributed by atoms with van der Waals surface area (Å²) in [6.07, 6.45) is 1.21. The standard InChI is InChI=1S/C11H21NO8S2/c1-5-11(2,3)10(14)20-7-6-19-9(13)8-22(17,18)12-21(4,15)16/h12H,5-8H2,1-4H3. The fourth-order valence-corrected chi connectivity index (χ4v) is 3.56. The van der Waals surface area contributed by atoms with E-state index in [0.717, 1.165) is 0 Å². The highest BCUT2D eigenvalue weighted by molar-refractivity contribution is 8.04. The van der Waals surface area contributed by atoms with Crippen molar-refractivity contribution >= 4 is 32.0 Å². The number of carbonyl (C=O) groups excluding carboxylic acids is 2. The molecule has 0 fully saturated rings. The highest BCUT2D eigenvalue weighted by Crippen LogP contribution is 2.21. The van der Waals surface area contributed by atoms with Crippen LogP contribution in [0.4, 0.5) is 0 Å². The van der Waals surface area contributed by atoms with E-state index in [9.17, 15) is 26.4 Å². The zero-order valence-corrected chi connectivity index (χ0v) is 14.5. The lowest BCUT2D eigenvalue weighted by Gasteiger charge is -2.20. The smallest absolute Gasteiger partial charge is 0.322 e. The number of nitrogens with one attached hydrogen (secondary N) is 1. The van der Waals surface area contributed by atoms with Gasteiger partial charge in [-0.15, -0.1) is 4.13 Å². The number of carbonyl (C=O) groups is 2. The van der Waals surface area contributed by atoms with Gasteiger partial charge in [-0.1, -0.05) is 6.92 Å². The molecule has 0 rings (SSSR count). The number of hydrogen-bond donors (Lipinski definition) is 1. The van der Waals surface area contributed by atoms with Crippen LogP contribution >= 0.6 is 0 Å². The summed E-state index contributed by atoms with van der Waals surface area (Å²) in [5.41, 5.74) is -0.660. The van der Waals surface area contributed by atoms with Gasteiger partial charge < -0.3 is 9.47 Å². The largest absolute Gasteiger partial charge is 0.462 e. The molecule has 0 bridgehead atoms. The molecule has 0 spiro atoms. The van der Waals surface area contributed by atoms with Crippen molar-refractivity contribution in [3.05, 3.63) is 0 Å². The van der Waals surface area contributed by atoms with E-state index in [4.69, 9.17) is 4.74 Å². The number of hydrogen-bond acceptors (Lipinski definition) is 8. The first kappa shape index (κ1) is 20.8. The van der Waals surface area contributed by atoms with Crippen LogP contribution < -0.4 is 4.13 Å². The van der Waals surface area contributed by atoms with Crippen LogP contribution in [0.2, 0.25) is 0 Å². The van der Waals surface area contributed by atoms with E-state index >= 15 is 0 Å². The van der Waals surface area contributed by atoms with Gasteiger partial charge in [-0.05, 0) is 20.3 Å². The van der Waals surface area contributed by atoms with Crippen LogP contribution in [0.1, 0.15) is 27.2 Å². The van der Waals surface area contributed by atoms with E-state index in [-0.39, 0.29) is 13.2 Å². The maximum atomic E-state index is 11.6. The molecule has 0 saturated carbocycles. The number of sulfonamides is 2. The Morgan fingerprint density at radius 1 is 1.05 bits per heavy atom. The molecule has 0 aliphatic heterocycles. The molecule has 0 aromatic rings. The molecule has 0 aliphatic carbocycles. The van der Waals surface area contributed by atoms with Crippen molar-refractivity contribution in [3.63, 3.8) is 0 Å². The van der Waals surface area contributed by atoms with Crippen LogP contribution in [0.5, 0.6) is 0 Å². The highest BCUT2D eigenvalue weighted by atomic mass is 32.3. The molecule has 0 aromatic carbocycles. The number of rotatable bonds is 9. The summed E-state index contributed by atoms with van der Waals surface area (Å²) in [5, 5.41) is 0. The molecule has 0 radical (unpaired) electrons. The topological polar surface area (TPSA) is 133 Å². The Balaban J connectivity index is 4.19. The van der Waals surface area contributed by atoms with Crippen LogP contribution in [-0.2, 0) is 39.1 Å². The van der Waals surface area contributed by atoms with Crippen LogP contribution in [0.3, 0.4) is 0 Å². The second-order valence-electron chi connectivity index (χ2n) is 5.21. The van der Waals surface area contributed by atoms with E-state index in [0.29, 0.717) is 12.7 Å². The van der Waals surface area contributed by atoms with Crippen molar-refractivity contribution in [3.8, 4) is 0 Å². The Labute approximate surface area is 130 Å². The zero-order chi connectivity index (χ0) is 17.6. The van der Waals surface area contributed by atoms with Gasteiger partial charge in [0, 0.05) is 0 Å². The van der Waals surface area contributed by atoms with Gasteiger partial charge in [-0.2, -0.15) is 0 Å². The van der Waals surface area contributed by atoms with Crippen molar-refractivity contribution in [2.24, 2.45) is 5.41 Å². The molecule has 130 valence electrons. The summed E-state index contributed by atoms with van der Waals surface area (Å²) in [4.78, 5) is 22.9. The predicted molar refractivity (Wildman–Crippen MR) is 77.8 cm³/mol. The maximum Gasteiger partial charge on any atom is 0.322 e. The molecule has 0 atom stereocenters. The highest BCUT2D eigenvalue weighted by Gasteiger charge is 2.27. The molecule has 22 heavy (non-hydrogen) atoms. The van der Waals surface area contributed by atoms with Crippen molar-refractivity contribution in [1.82, 2.24) is 4.13 Å². The van der Waals surface area contributed by atoms with Gasteiger partial charge in [-0.3, -0.25) is 9.59 Å². The summed E-state index contributed by atoms with van der Waals surface area (Å²) < 4.78 is 54.9. The van der Waals surface area contributed by atoms with Crippen molar-refractivity contribution in [1.29, 1.82) is 0 Å². The monoisotopic (exact) mass is 359 g/mol. The molecular weight excluding hydrogens is 338 g/mol. The van der Waals surface area contributed by atoms with Gasteiger partial charge in [0.25, 0.3) is 0 Å². The van der Waals surface area contributed by atoms with E-state index < -0.39 is 43.2 Å². The van der Waals surface area contributed by atoms with Gasteiger partial charge in [-0.25, -0.2) is 16.8 Å². The third-order valence-electron chi connectivity index (χ3n) is 2.60. The van der Waals surface area contributed by atoms with Crippen LogP contribution in [0.25, 0.3) is 0 Å². The predicted octanol–water partition coefficient (Wildman–Crippen LogP) is -0.612. The maximum absolute atomic E-state index is 11.6. The van der Waals surface area contributed by atoms with Crippen LogP contribution in [0.15, 0.2) is 0 Å². The summed E-state index contributed by atoms with van der Waals surface area (Å²) in [6.45, 7) is 4.68. The van der Waals surface area contributed by atoms with E-state index in [2.05, 4.69) is 4.74 Å². The molecule has 0 aromatic heterocycles. The molecule has 0 amide bonds. The fourth-order valence-electron chi connectivity index (χ4n) is 1.09. The molecule has 11 heteroatoms. The van der Waals surface area contributed by atoms with Gasteiger partial charge >= 0.3 is 11.9 Å². The Morgan fingerprint density at radius 2 is 1.55 bits per heavy atom. The minimum atomic E-state index is -4.34. The fraction of sp³-hybridized carbons (Fsp3) is 0.818. The summed E-state index contributed by atoms with van der Waals surface area (Å²) >= 11 is 0. The lowest BCUT2D eigenvalue weighted by atomic mass is 9.91. The first-order valence-corrected chi connectivity index (χ1v) is 9.87. The van der Waals surface area contributed by atoms with Gasteiger partial charge in [0.15, 0.2) is 5.75 Å². The lowest BCUT2D eigenvalue weighted by molar-refractivity contribution is -0.158. The van der Waals surface area contributed by atoms with Crippen molar-refractivity contribution < 1.29 is 35.9 Å². The first-order chi connectivity index (χ1) is 9.79. The Morgan fingerprint density at radius 3 is 2.00 bits per heavy atom. The van der Waals surface area contributed by atoms with Crippen molar-refractivity contribution in [2.45, 2.75) is 27.2 Å². The Kier molecular flexibility index (Phi) is 7.45.